The lowest BCUT2D eigenvalue weighted by Gasteiger charge is -2.10. The molecule has 16 heavy (non-hydrogen) atoms. The molecule has 0 radical (unpaired) electrons. The fourth-order valence-corrected chi connectivity index (χ4v) is 1.18. The van der Waals surface area contributed by atoms with E-state index in [1.165, 1.54) is 0 Å². The Hall–Kier alpha value is -1.32. The second kappa shape index (κ2) is 7.91. The van der Waals surface area contributed by atoms with Gasteiger partial charge in [-0.3, -0.25) is 9.59 Å². The first-order valence-electron chi connectivity index (χ1n) is 5.54. The van der Waals surface area contributed by atoms with Crippen LogP contribution >= 0.6 is 0 Å². The Labute approximate surface area is 96.3 Å². The normalized spacial score (nSPS) is 13.0. The maximum Gasteiger partial charge on any atom is 0.312 e. The Morgan fingerprint density at radius 2 is 1.94 bits per heavy atom. The van der Waals surface area contributed by atoms with Crippen LogP contribution in [0.2, 0.25) is 0 Å². The maximum atomic E-state index is 11.5. The number of hydrogen-bond acceptors (Lipinski definition) is 3. The number of carbonyl (C=O) groups is 2. The van der Waals surface area contributed by atoms with Crippen molar-refractivity contribution in [2.24, 2.45) is 11.8 Å². The SMILES string of the molecule is CCOC(=O)C(C=CC(C)C)CCC(=O)O. The quantitative estimate of drug-likeness (QED) is 0.536. The van der Waals surface area contributed by atoms with Crippen molar-refractivity contribution in [1.82, 2.24) is 0 Å². The van der Waals surface area contributed by atoms with Crippen LogP contribution < -0.4 is 0 Å². The van der Waals surface area contributed by atoms with Gasteiger partial charge in [0.15, 0.2) is 0 Å². The summed E-state index contributed by atoms with van der Waals surface area (Å²) in [5, 5.41) is 8.58. The molecule has 0 aliphatic rings. The van der Waals surface area contributed by atoms with Crippen molar-refractivity contribution >= 4 is 11.9 Å². The first kappa shape index (κ1) is 14.7. The smallest absolute Gasteiger partial charge is 0.312 e. The largest absolute Gasteiger partial charge is 0.481 e. The number of rotatable bonds is 7. The Balaban J connectivity index is 4.37. The van der Waals surface area contributed by atoms with E-state index >= 15 is 0 Å². The van der Waals surface area contributed by atoms with Crippen molar-refractivity contribution in [3.63, 3.8) is 0 Å². The number of aliphatic carboxylic acids is 1. The fourth-order valence-electron chi connectivity index (χ4n) is 1.18. The minimum absolute atomic E-state index is 0.0219. The summed E-state index contributed by atoms with van der Waals surface area (Å²) in [5.74, 6) is -1.35. The molecule has 0 aliphatic heterocycles. The third kappa shape index (κ3) is 7.04. The number of esters is 1. The van der Waals surface area contributed by atoms with Crippen LogP contribution in [0, 0.1) is 11.8 Å². The lowest BCUT2D eigenvalue weighted by Crippen LogP contribution is -2.17. The maximum absolute atomic E-state index is 11.5. The Morgan fingerprint density at radius 1 is 1.31 bits per heavy atom. The van der Waals surface area contributed by atoms with Gasteiger partial charge in [-0.05, 0) is 19.3 Å². The van der Waals surface area contributed by atoms with Crippen molar-refractivity contribution < 1.29 is 19.4 Å². The Kier molecular flexibility index (Phi) is 7.25. The third-order valence-corrected chi connectivity index (χ3v) is 1.99. The molecular formula is C12H20O4. The number of carbonyl (C=O) groups excluding carboxylic acids is 1. The zero-order chi connectivity index (χ0) is 12.6. The van der Waals surface area contributed by atoms with Crippen LogP contribution in [0.4, 0.5) is 0 Å². The summed E-state index contributed by atoms with van der Waals surface area (Å²) >= 11 is 0. The molecule has 1 N–H and O–H groups in total. The van der Waals surface area contributed by atoms with Gasteiger partial charge in [-0.1, -0.05) is 26.0 Å². The van der Waals surface area contributed by atoms with Gasteiger partial charge < -0.3 is 9.84 Å². The first-order valence-corrected chi connectivity index (χ1v) is 5.54. The van der Waals surface area contributed by atoms with Crippen LogP contribution in [-0.2, 0) is 14.3 Å². The molecule has 0 amide bonds. The molecule has 0 spiro atoms. The number of carboxylic acid groups (broad SMARTS) is 1. The Morgan fingerprint density at radius 3 is 2.38 bits per heavy atom. The fraction of sp³-hybridized carbons (Fsp3) is 0.667. The molecule has 1 unspecified atom stereocenters. The molecular weight excluding hydrogens is 208 g/mol. The summed E-state index contributed by atoms with van der Waals surface area (Å²) in [6.45, 7) is 6.04. The predicted octanol–water partition coefficient (Wildman–Crippen LogP) is 2.24. The van der Waals surface area contributed by atoms with E-state index in [1.807, 2.05) is 19.9 Å². The van der Waals surface area contributed by atoms with Crippen molar-refractivity contribution in [2.75, 3.05) is 6.61 Å². The van der Waals surface area contributed by atoms with Crippen LogP contribution in [0.3, 0.4) is 0 Å². The zero-order valence-corrected chi connectivity index (χ0v) is 10.1. The predicted molar refractivity (Wildman–Crippen MR) is 61.0 cm³/mol. The first-order chi connectivity index (χ1) is 7.47. The van der Waals surface area contributed by atoms with Crippen LogP contribution in [0.25, 0.3) is 0 Å². The summed E-state index contributed by atoms with van der Waals surface area (Å²) < 4.78 is 4.89. The molecule has 1 atom stereocenters. The molecule has 4 heteroatoms. The minimum atomic E-state index is -0.896. The summed E-state index contributed by atoms with van der Waals surface area (Å²) in [4.78, 5) is 21.9. The zero-order valence-electron chi connectivity index (χ0n) is 10.1. The second-order valence-electron chi connectivity index (χ2n) is 3.92. The summed E-state index contributed by atoms with van der Waals surface area (Å²) in [7, 11) is 0. The highest BCUT2D eigenvalue weighted by molar-refractivity contribution is 5.75. The van der Waals surface area contributed by atoms with Crippen LogP contribution in [0.5, 0.6) is 0 Å². The number of ether oxygens (including phenoxy) is 1. The molecule has 0 aromatic heterocycles. The van der Waals surface area contributed by atoms with Crippen LogP contribution in [0.15, 0.2) is 12.2 Å². The standard InChI is InChI=1S/C12H20O4/c1-4-16-12(15)10(6-5-9(2)3)7-8-11(13)14/h5-6,9-10H,4,7-8H2,1-3H3,(H,13,14). The number of allylic oxidation sites excluding steroid dienone is 1. The van der Waals surface area contributed by atoms with Gasteiger partial charge in [0.25, 0.3) is 0 Å². The van der Waals surface area contributed by atoms with Crippen LogP contribution in [-0.4, -0.2) is 23.7 Å². The summed E-state index contributed by atoms with van der Waals surface area (Å²) in [6.07, 6.45) is 3.90. The average molecular weight is 228 g/mol. The second-order valence-corrected chi connectivity index (χ2v) is 3.92. The van der Waals surface area contributed by atoms with E-state index in [9.17, 15) is 9.59 Å². The molecule has 0 saturated carbocycles. The molecule has 0 aromatic rings. The van der Waals surface area contributed by atoms with E-state index in [1.54, 1.807) is 13.0 Å². The van der Waals surface area contributed by atoms with E-state index in [2.05, 4.69) is 0 Å². The van der Waals surface area contributed by atoms with Gasteiger partial charge in [-0.15, -0.1) is 0 Å². The lowest BCUT2D eigenvalue weighted by molar-refractivity contribution is -0.146. The highest BCUT2D eigenvalue weighted by Crippen LogP contribution is 2.12. The molecule has 4 nitrogen and oxygen atoms in total. The Bertz CT molecular complexity index is 256. The van der Waals surface area contributed by atoms with Gasteiger partial charge >= 0.3 is 11.9 Å². The van der Waals surface area contributed by atoms with Gasteiger partial charge in [-0.2, -0.15) is 0 Å². The molecule has 0 heterocycles. The lowest BCUT2D eigenvalue weighted by atomic mass is 10.0. The topological polar surface area (TPSA) is 63.6 Å². The minimum Gasteiger partial charge on any atom is -0.481 e. The average Bonchev–Trinajstić information content (AvgIpc) is 2.17. The van der Waals surface area contributed by atoms with E-state index in [0.29, 0.717) is 12.5 Å². The summed E-state index contributed by atoms with van der Waals surface area (Å²) in [5.41, 5.74) is 0. The van der Waals surface area contributed by atoms with Crippen LogP contribution in [0.1, 0.15) is 33.6 Å². The van der Waals surface area contributed by atoms with Gasteiger partial charge in [0.05, 0.1) is 12.5 Å². The van der Waals surface area contributed by atoms with Crippen molar-refractivity contribution in [1.29, 1.82) is 0 Å². The molecule has 92 valence electrons. The molecule has 0 bridgehead atoms. The molecule has 0 aliphatic carbocycles. The van der Waals surface area contributed by atoms with E-state index in [4.69, 9.17) is 9.84 Å². The number of hydrogen-bond donors (Lipinski definition) is 1. The van der Waals surface area contributed by atoms with Crippen molar-refractivity contribution in [2.45, 2.75) is 33.6 Å². The molecule has 0 fully saturated rings. The number of carboxylic acids is 1. The van der Waals surface area contributed by atoms with E-state index in [0.717, 1.165) is 0 Å². The highest BCUT2D eigenvalue weighted by Gasteiger charge is 2.17. The van der Waals surface area contributed by atoms with Crippen molar-refractivity contribution in [3.05, 3.63) is 12.2 Å². The van der Waals surface area contributed by atoms with E-state index < -0.39 is 11.9 Å². The molecule has 0 saturated heterocycles. The van der Waals surface area contributed by atoms with Gasteiger partial charge in [-0.25, -0.2) is 0 Å². The van der Waals surface area contributed by atoms with Gasteiger partial charge in [0, 0.05) is 6.42 Å². The molecule has 0 rings (SSSR count). The highest BCUT2D eigenvalue weighted by atomic mass is 16.5. The van der Waals surface area contributed by atoms with Gasteiger partial charge in [0.1, 0.15) is 0 Å². The summed E-state index contributed by atoms with van der Waals surface area (Å²) in [6, 6.07) is 0. The monoisotopic (exact) mass is 228 g/mol. The van der Waals surface area contributed by atoms with E-state index in [-0.39, 0.29) is 18.8 Å². The van der Waals surface area contributed by atoms with Gasteiger partial charge in [0.2, 0.25) is 0 Å². The van der Waals surface area contributed by atoms with Crippen molar-refractivity contribution in [3.8, 4) is 0 Å². The molecule has 0 aromatic carbocycles. The third-order valence-electron chi connectivity index (χ3n) is 1.99.